The van der Waals surface area contributed by atoms with E-state index in [1.807, 2.05) is 34.1 Å². The largest absolute Gasteiger partial charge is 0.341 e. The van der Waals surface area contributed by atoms with Crippen molar-refractivity contribution < 1.29 is 9.59 Å². The molecule has 0 N–H and O–H groups in total. The number of amides is 2. The predicted octanol–water partition coefficient (Wildman–Crippen LogP) is 4.54. The molecule has 1 aromatic rings. The van der Waals surface area contributed by atoms with Crippen molar-refractivity contribution in [1.29, 1.82) is 0 Å². The molecule has 2 atom stereocenters. The van der Waals surface area contributed by atoms with Gasteiger partial charge in [-0.15, -0.1) is 11.8 Å². The zero-order valence-electron chi connectivity index (χ0n) is 18.1. The number of rotatable bonds is 2. The minimum absolute atomic E-state index is 0.00107. The Morgan fingerprint density at radius 3 is 2.04 bits per heavy atom. The maximum Gasteiger partial charge on any atom is 0.255 e. The van der Waals surface area contributed by atoms with Gasteiger partial charge in [0, 0.05) is 24.4 Å². The van der Waals surface area contributed by atoms with Gasteiger partial charge in [-0.2, -0.15) is 0 Å². The van der Waals surface area contributed by atoms with Crippen LogP contribution in [0.2, 0.25) is 0 Å². The van der Waals surface area contributed by atoms with E-state index < -0.39 is 0 Å². The third-order valence-electron chi connectivity index (χ3n) is 5.68. The predicted molar refractivity (Wildman–Crippen MR) is 117 cm³/mol. The summed E-state index contributed by atoms with van der Waals surface area (Å²) in [4.78, 5) is 30.5. The van der Waals surface area contributed by atoms with E-state index in [0.29, 0.717) is 11.3 Å². The Labute approximate surface area is 174 Å². The fourth-order valence-electron chi connectivity index (χ4n) is 4.02. The smallest absolute Gasteiger partial charge is 0.255 e. The molecule has 0 saturated carbocycles. The first-order chi connectivity index (χ1) is 13.0. The standard InChI is InChI=1S/C23H34N2O2S/c1-22(2,3)17-11-9-16(10-12-17)19(26)25-18(15-28-21(25)23(4,5)6)20(27)24-13-7-8-14-24/h9-12,18,21H,7-8,13-15H2,1-6H3. The van der Waals surface area contributed by atoms with Crippen LogP contribution in [0, 0.1) is 5.41 Å². The number of nitrogens with zero attached hydrogens (tertiary/aromatic N) is 2. The van der Waals surface area contributed by atoms with Gasteiger partial charge in [-0.05, 0) is 41.4 Å². The van der Waals surface area contributed by atoms with Crippen LogP contribution in [0.4, 0.5) is 0 Å². The second kappa shape index (κ2) is 7.74. The summed E-state index contributed by atoms with van der Waals surface area (Å²) in [5.74, 6) is 0.780. The fraction of sp³-hybridized carbons (Fsp3) is 0.652. The highest BCUT2D eigenvalue weighted by Gasteiger charge is 2.47. The van der Waals surface area contributed by atoms with Crippen molar-refractivity contribution in [2.45, 2.75) is 71.2 Å². The van der Waals surface area contributed by atoms with Crippen molar-refractivity contribution in [2.24, 2.45) is 5.41 Å². The summed E-state index contributed by atoms with van der Waals surface area (Å²) in [5.41, 5.74) is 1.83. The molecule has 2 aliphatic rings. The average Bonchev–Trinajstić information content (AvgIpc) is 3.29. The minimum Gasteiger partial charge on any atom is -0.341 e. The zero-order valence-corrected chi connectivity index (χ0v) is 18.9. The van der Waals surface area contributed by atoms with Gasteiger partial charge >= 0.3 is 0 Å². The van der Waals surface area contributed by atoms with E-state index in [9.17, 15) is 9.59 Å². The van der Waals surface area contributed by atoms with Gasteiger partial charge < -0.3 is 9.80 Å². The molecular weight excluding hydrogens is 368 g/mol. The third kappa shape index (κ3) is 4.24. The Morgan fingerprint density at radius 2 is 1.54 bits per heavy atom. The van der Waals surface area contributed by atoms with Crippen molar-refractivity contribution >= 4 is 23.6 Å². The van der Waals surface area contributed by atoms with E-state index in [0.717, 1.165) is 25.9 Å². The topological polar surface area (TPSA) is 40.6 Å². The van der Waals surface area contributed by atoms with E-state index in [1.165, 1.54) is 5.56 Å². The third-order valence-corrected chi connectivity index (χ3v) is 7.43. The van der Waals surface area contributed by atoms with Crippen molar-refractivity contribution in [2.75, 3.05) is 18.8 Å². The molecular formula is C23H34N2O2S. The van der Waals surface area contributed by atoms with Crippen LogP contribution in [-0.2, 0) is 10.2 Å². The molecule has 2 unspecified atom stereocenters. The first-order valence-electron chi connectivity index (χ1n) is 10.3. The van der Waals surface area contributed by atoms with Gasteiger partial charge in [0.05, 0.1) is 5.37 Å². The average molecular weight is 403 g/mol. The maximum absolute atomic E-state index is 13.5. The molecule has 2 aliphatic heterocycles. The van der Waals surface area contributed by atoms with E-state index in [-0.39, 0.29) is 34.1 Å². The SMILES string of the molecule is CC(C)(C)c1ccc(C(=O)N2C(C(=O)N3CCCC3)CSC2C(C)(C)C)cc1. The van der Waals surface area contributed by atoms with Crippen LogP contribution in [0.1, 0.15) is 70.3 Å². The summed E-state index contributed by atoms with van der Waals surface area (Å²) in [6, 6.07) is 7.56. The highest BCUT2D eigenvalue weighted by molar-refractivity contribution is 8.00. The molecule has 5 heteroatoms. The number of carbonyl (C=O) groups is 2. The molecule has 154 valence electrons. The van der Waals surface area contributed by atoms with Gasteiger partial charge in [-0.1, -0.05) is 53.7 Å². The van der Waals surface area contributed by atoms with Crippen molar-refractivity contribution in [3.63, 3.8) is 0 Å². The summed E-state index contributed by atoms with van der Waals surface area (Å²) in [6.07, 6.45) is 2.13. The number of thioether (sulfide) groups is 1. The van der Waals surface area contributed by atoms with Crippen LogP contribution in [0.5, 0.6) is 0 Å². The van der Waals surface area contributed by atoms with Crippen molar-refractivity contribution in [1.82, 2.24) is 9.80 Å². The van der Waals surface area contributed by atoms with Crippen LogP contribution in [0.15, 0.2) is 24.3 Å². The molecule has 2 fully saturated rings. The van der Waals surface area contributed by atoms with Gasteiger partial charge in [0.15, 0.2) is 0 Å². The molecule has 28 heavy (non-hydrogen) atoms. The lowest BCUT2D eigenvalue weighted by molar-refractivity contribution is -0.134. The quantitative estimate of drug-likeness (QED) is 0.729. The molecule has 3 rings (SSSR count). The number of benzene rings is 1. The molecule has 0 aromatic heterocycles. The Kier molecular flexibility index (Phi) is 5.86. The van der Waals surface area contributed by atoms with Crippen LogP contribution < -0.4 is 0 Å². The highest BCUT2D eigenvalue weighted by Crippen LogP contribution is 2.42. The van der Waals surface area contributed by atoms with Crippen LogP contribution >= 0.6 is 11.8 Å². The number of hydrogen-bond donors (Lipinski definition) is 0. The second-order valence-corrected chi connectivity index (χ2v) is 11.3. The first-order valence-corrected chi connectivity index (χ1v) is 11.4. The summed E-state index contributed by atoms with van der Waals surface area (Å²) in [6.45, 7) is 14.6. The molecule has 0 bridgehead atoms. The molecule has 0 spiro atoms. The van der Waals surface area contributed by atoms with Crippen molar-refractivity contribution in [3.05, 3.63) is 35.4 Å². The fourth-order valence-corrected chi connectivity index (χ4v) is 5.59. The van der Waals surface area contributed by atoms with Crippen LogP contribution in [-0.4, -0.2) is 51.9 Å². The molecule has 4 nitrogen and oxygen atoms in total. The second-order valence-electron chi connectivity index (χ2n) is 10.1. The van der Waals surface area contributed by atoms with E-state index >= 15 is 0 Å². The van der Waals surface area contributed by atoms with E-state index in [4.69, 9.17) is 0 Å². The lowest BCUT2D eigenvalue weighted by Crippen LogP contribution is -2.53. The van der Waals surface area contributed by atoms with Gasteiger partial charge in [0.1, 0.15) is 6.04 Å². The normalized spacial score (nSPS) is 23.4. The monoisotopic (exact) mass is 402 g/mol. The molecule has 0 aliphatic carbocycles. The van der Waals surface area contributed by atoms with Gasteiger partial charge in [0.2, 0.25) is 5.91 Å². The molecule has 2 amide bonds. The first kappa shape index (κ1) is 21.2. The Balaban J connectivity index is 1.90. The number of likely N-dealkylation sites (tertiary alicyclic amines) is 1. The van der Waals surface area contributed by atoms with E-state index in [2.05, 4.69) is 41.5 Å². The van der Waals surface area contributed by atoms with Gasteiger partial charge in [-0.25, -0.2) is 0 Å². The molecule has 1 aromatic carbocycles. The van der Waals surface area contributed by atoms with Gasteiger partial charge in [-0.3, -0.25) is 9.59 Å². The number of hydrogen-bond acceptors (Lipinski definition) is 3. The zero-order chi connectivity index (χ0) is 20.7. The van der Waals surface area contributed by atoms with E-state index in [1.54, 1.807) is 11.8 Å². The molecule has 2 heterocycles. The Morgan fingerprint density at radius 1 is 0.964 bits per heavy atom. The number of carbonyl (C=O) groups excluding carboxylic acids is 2. The highest BCUT2D eigenvalue weighted by atomic mass is 32.2. The summed E-state index contributed by atoms with van der Waals surface area (Å²) in [7, 11) is 0. The summed E-state index contributed by atoms with van der Waals surface area (Å²) in [5, 5.41) is -0.00107. The van der Waals surface area contributed by atoms with Crippen LogP contribution in [0.3, 0.4) is 0 Å². The van der Waals surface area contributed by atoms with Crippen LogP contribution in [0.25, 0.3) is 0 Å². The Hall–Kier alpha value is -1.49. The summed E-state index contributed by atoms with van der Waals surface area (Å²) < 4.78 is 0. The van der Waals surface area contributed by atoms with Crippen molar-refractivity contribution in [3.8, 4) is 0 Å². The maximum atomic E-state index is 13.5. The van der Waals surface area contributed by atoms with Gasteiger partial charge in [0.25, 0.3) is 5.91 Å². The Bertz CT molecular complexity index is 724. The summed E-state index contributed by atoms with van der Waals surface area (Å²) >= 11 is 1.74. The lowest BCUT2D eigenvalue weighted by atomic mass is 9.86. The molecule has 0 radical (unpaired) electrons. The molecule has 2 saturated heterocycles. The minimum atomic E-state index is -0.359. The lowest BCUT2D eigenvalue weighted by Gasteiger charge is -2.37.